The summed E-state index contributed by atoms with van der Waals surface area (Å²) in [5.41, 5.74) is -2.20. The van der Waals surface area contributed by atoms with Gasteiger partial charge in [0.25, 0.3) is 0 Å². The maximum atomic E-state index is 13.1. The number of esters is 1. The Balaban J connectivity index is 2.41. The smallest absolute Gasteiger partial charge is 0.461 e. The van der Waals surface area contributed by atoms with E-state index in [1.807, 2.05) is 0 Å². The van der Waals surface area contributed by atoms with Crippen molar-refractivity contribution in [3.8, 4) is 17.5 Å². The molecule has 0 N–H and O–H groups in total. The van der Waals surface area contributed by atoms with Crippen molar-refractivity contribution in [3.63, 3.8) is 0 Å². The number of carbonyl (C=O) groups is 1. The number of hydrogen-bond donors (Lipinski definition) is 0. The van der Waals surface area contributed by atoms with E-state index < -0.39 is 49.3 Å². The van der Waals surface area contributed by atoms with Crippen LogP contribution in [-0.4, -0.2) is 43.4 Å². The first-order valence-corrected chi connectivity index (χ1v) is 11.0. The molecule has 0 aliphatic heterocycles. The molecule has 0 aliphatic carbocycles. The molecule has 0 aliphatic rings. The van der Waals surface area contributed by atoms with Gasteiger partial charge in [0.15, 0.2) is 9.84 Å². The summed E-state index contributed by atoms with van der Waals surface area (Å²) in [6.45, 7) is 1.37. The first-order valence-electron chi connectivity index (χ1n) is 9.11. The molecule has 0 saturated heterocycles. The zero-order valence-electron chi connectivity index (χ0n) is 17.0. The molecular formula is C20H14F3N3O6S. The number of rotatable bonds is 5. The molecular weight excluding hydrogens is 467 g/mol. The maximum absolute atomic E-state index is 13.1. The van der Waals surface area contributed by atoms with Gasteiger partial charge in [0.05, 0.1) is 33.7 Å². The van der Waals surface area contributed by atoms with Crippen LogP contribution in [0.4, 0.5) is 13.2 Å². The second-order valence-corrected chi connectivity index (χ2v) is 8.52. The maximum Gasteiger partial charge on any atom is 0.573 e. The van der Waals surface area contributed by atoms with Gasteiger partial charge in [-0.3, -0.25) is 4.79 Å². The van der Waals surface area contributed by atoms with Crippen LogP contribution >= 0.6 is 0 Å². The molecule has 0 unspecified atom stereocenters. The monoisotopic (exact) mass is 481 g/mol. The van der Waals surface area contributed by atoms with Gasteiger partial charge < -0.3 is 9.47 Å². The summed E-state index contributed by atoms with van der Waals surface area (Å²) >= 11 is 0. The quantitative estimate of drug-likeness (QED) is 0.509. The number of benzene rings is 2. The number of hydrogen-bond acceptors (Lipinski definition) is 8. The standard InChI is InChI=1S/C20H14F3N3O6S/c1-3-31-19(28)16-17(27)15-14(9-4-11(10-24)18(15)33(2,29)30)26(25-16)12-5-7-13(8-6-12)32-20(21,22)23/h4-9H,3H2,1-2H3. The lowest BCUT2D eigenvalue weighted by Crippen LogP contribution is -2.25. The molecule has 9 nitrogen and oxygen atoms in total. The van der Waals surface area contributed by atoms with Gasteiger partial charge in [-0.05, 0) is 43.3 Å². The average Bonchev–Trinajstić information content (AvgIpc) is 2.72. The lowest BCUT2D eigenvalue weighted by atomic mass is 10.1. The third-order valence-corrected chi connectivity index (χ3v) is 5.45. The molecule has 0 atom stereocenters. The third kappa shape index (κ3) is 4.80. The fraction of sp³-hybridized carbons (Fsp3) is 0.200. The first kappa shape index (κ1) is 23.7. The molecule has 0 amide bonds. The highest BCUT2D eigenvalue weighted by Gasteiger charge is 2.31. The van der Waals surface area contributed by atoms with Crippen LogP contribution in [0.5, 0.6) is 5.75 Å². The molecule has 33 heavy (non-hydrogen) atoms. The van der Waals surface area contributed by atoms with Crippen molar-refractivity contribution in [1.82, 2.24) is 9.78 Å². The largest absolute Gasteiger partial charge is 0.573 e. The predicted octanol–water partition coefficient (Wildman–Crippen LogP) is 2.74. The highest BCUT2D eigenvalue weighted by molar-refractivity contribution is 7.91. The lowest BCUT2D eigenvalue weighted by Gasteiger charge is -2.15. The molecule has 0 spiro atoms. The van der Waals surface area contributed by atoms with Gasteiger partial charge in [-0.1, -0.05) is 0 Å². The second-order valence-electron chi connectivity index (χ2n) is 6.57. The first-order chi connectivity index (χ1) is 15.4. The van der Waals surface area contributed by atoms with Crippen LogP contribution in [0.3, 0.4) is 0 Å². The Morgan fingerprint density at radius 1 is 1.18 bits per heavy atom. The van der Waals surface area contributed by atoms with Crippen LogP contribution < -0.4 is 10.2 Å². The fourth-order valence-electron chi connectivity index (χ4n) is 3.08. The molecule has 0 saturated carbocycles. The molecule has 13 heteroatoms. The number of halogens is 3. The highest BCUT2D eigenvalue weighted by atomic mass is 32.2. The Kier molecular flexibility index (Phi) is 6.15. The van der Waals surface area contributed by atoms with Crippen molar-refractivity contribution >= 4 is 26.7 Å². The van der Waals surface area contributed by atoms with E-state index in [1.54, 1.807) is 6.07 Å². The van der Waals surface area contributed by atoms with Gasteiger partial charge in [0, 0.05) is 6.26 Å². The number of sulfone groups is 1. The van der Waals surface area contributed by atoms with Gasteiger partial charge in [-0.2, -0.15) is 10.4 Å². The summed E-state index contributed by atoms with van der Waals surface area (Å²) in [6.07, 6.45) is -4.13. The number of ether oxygens (including phenoxy) is 2. The molecule has 1 heterocycles. The second kappa shape index (κ2) is 8.55. The summed E-state index contributed by atoms with van der Waals surface area (Å²) in [5.74, 6) is -1.68. The van der Waals surface area contributed by atoms with E-state index in [0.717, 1.165) is 41.3 Å². The Labute approximate surface area is 184 Å². The lowest BCUT2D eigenvalue weighted by molar-refractivity contribution is -0.274. The predicted molar refractivity (Wildman–Crippen MR) is 108 cm³/mol. The third-order valence-electron chi connectivity index (χ3n) is 4.28. The normalized spacial score (nSPS) is 11.8. The summed E-state index contributed by atoms with van der Waals surface area (Å²) in [7, 11) is -4.14. The average molecular weight is 481 g/mol. The van der Waals surface area contributed by atoms with E-state index >= 15 is 0 Å². The minimum atomic E-state index is -4.92. The Morgan fingerprint density at radius 3 is 2.33 bits per heavy atom. The summed E-state index contributed by atoms with van der Waals surface area (Å²) in [4.78, 5) is 24.8. The number of carbonyl (C=O) groups excluding carboxylic acids is 1. The molecule has 172 valence electrons. The summed E-state index contributed by atoms with van der Waals surface area (Å²) < 4.78 is 71.9. The fourth-order valence-corrected chi connectivity index (χ4v) is 4.16. The highest BCUT2D eigenvalue weighted by Crippen LogP contribution is 2.28. The molecule has 0 bridgehead atoms. The van der Waals surface area contributed by atoms with E-state index in [-0.39, 0.29) is 23.4 Å². The number of alkyl halides is 3. The van der Waals surface area contributed by atoms with Crippen LogP contribution in [0.2, 0.25) is 0 Å². The number of aromatic nitrogens is 2. The number of nitrogens with zero attached hydrogens (tertiary/aromatic N) is 3. The summed E-state index contributed by atoms with van der Waals surface area (Å²) in [5, 5.41) is 12.8. The Morgan fingerprint density at radius 2 is 1.82 bits per heavy atom. The van der Waals surface area contributed by atoms with Crippen molar-refractivity contribution in [2.75, 3.05) is 12.9 Å². The van der Waals surface area contributed by atoms with Gasteiger partial charge in [0.2, 0.25) is 11.1 Å². The number of fused-ring (bicyclic) bond motifs is 1. The van der Waals surface area contributed by atoms with E-state index in [4.69, 9.17) is 4.74 Å². The minimum absolute atomic E-state index is 0.0734. The Bertz CT molecular complexity index is 1460. The summed E-state index contributed by atoms with van der Waals surface area (Å²) in [6, 6.07) is 8.35. The topological polar surface area (TPSA) is 128 Å². The van der Waals surface area contributed by atoms with Crippen LogP contribution in [0.25, 0.3) is 16.6 Å². The van der Waals surface area contributed by atoms with E-state index in [0.29, 0.717) is 0 Å². The minimum Gasteiger partial charge on any atom is -0.461 e. The molecule has 2 aromatic carbocycles. The van der Waals surface area contributed by atoms with E-state index in [1.165, 1.54) is 13.0 Å². The van der Waals surface area contributed by atoms with Gasteiger partial charge in [-0.25, -0.2) is 17.9 Å². The Hall–Kier alpha value is -3.92. The van der Waals surface area contributed by atoms with Crippen LogP contribution in [0.15, 0.2) is 46.1 Å². The van der Waals surface area contributed by atoms with Crippen molar-refractivity contribution in [2.45, 2.75) is 18.2 Å². The van der Waals surface area contributed by atoms with Gasteiger partial charge in [0.1, 0.15) is 11.8 Å². The van der Waals surface area contributed by atoms with Crippen LogP contribution in [0, 0.1) is 11.3 Å². The zero-order valence-corrected chi connectivity index (χ0v) is 17.8. The van der Waals surface area contributed by atoms with Crippen molar-refractivity contribution in [3.05, 3.63) is 57.9 Å². The molecule has 3 aromatic rings. The van der Waals surface area contributed by atoms with E-state index in [9.17, 15) is 36.4 Å². The molecule has 0 radical (unpaired) electrons. The van der Waals surface area contributed by atoms with Crippen LogP contribution in [-0.2, 0) is 14.6 Å². The molecule has 3 rings (SSSR count). The zero-order chi connectivity index (χ0) is 24.6. The van der Waals surface area contributed by atoms with E-state index in [2.05, 4.69) is 9.84 Å². The van der Waals surface area contributed by atoms with Crippen molar-refractivity contribution in [1.29, 1.82) is 5.26 Å². The SMILES string of the molecule is CCOC(=O)c1nn(-c2ccc(OC(F)(F)F)cc2)c2ccc(C#N)c(S(C)(=O)=O)c2c1=O. The van der Waals surface area contributed by atoms with Gasteiger partial charge in [-0.15, -0.1) is 13.2 Å². The number of nitriles is 1. The van der Waals surface area contributed by atoms with Gasteiger partial charge >= 0.3 is 12.3 Å². The molecule has 1 aromatic heterocycles. The van der Waals surface area contributed by atoms with Crippen LogP contribution in [0.1, 0.15) is 23.0 Å². The van der Waals surface area contributed by atoms with Crippen molar-refractivity contribution < 1.29 is 35.9 Å². The van der Waals surface area contributed by atoms with Crippen molar-refractivity contribution in [2.24, 2.45) is 0 Å². The molecule has 0 fully saturated rings.